The van der Waals surface area contributed by atoms with Crippen molar-refractivity contribution in [2.75, 3.05) is 9.80 Å². The van der Waals surface area contributed by atoms with Crippen molar-refractivity contribution in [3.63, 3.8) is 0 Å². The molecule has 47 heavy (non-hydrogen) atoms. The van der Waals surface area contributed by atoms with Crippen LogP contribution in [0.1, 0.15) is 24.8 Å². The van der Waals surface area contributed by atoms with E-state index in [-0.39, 0.29) is 0 Å². The molecule has 0 heterocycles. The minimum atomic E-state index is 0.293. The molecule has 0 radical (unpaired) electrons. The molecule has 0 amide bonds. The zero-order valence-electron chi connectivity index (χ0n) is 26.7. The van der Waals surface area contributed by atoms with Crippen LogP contribution in [0.4, 0.5) is 22.7 Å². The molecular formula is C45H38N2. The second-order valence-corrected chi connectivity index (χ2v) is 11.8. The number of hydrogen-bond donors (Lipinski definition) is 0. The first-order valence-electron chi connectivity index (χ1n) is 16.3. The Balaban J connectivity index is 1.19. The lowest BCUT2D eigenvalue weighted by Crippen LogP contribution is -2.17. The third kappa shape index (κ3) is 6.19. The monoisotopic (exact) mass is 606 g/mol. The second kappa shape index (κ2) is 13.6. The van der Waals surface area contributed by atoms with Crippen LogP contribution in [0.3, 0.4) is 0 Å². The van der Waals surface area contributed by atoms with E-state index in [0.29, 0.717) is 5.92 Å². The first-order chi connectivity index (χ1) is 23.2. The third-order valence-corrected chi connectivity index (χ3v) is 8.83. The Hall–Kier alpha value is -5.86. The Morgan fingerprint density at radius 2 is 1.26 bits per heavy atom. The Kier molecular flexibility index (Phi) is 8.66. The molecule has 6 aromatic carbocycles. The topological polar surface area (TPSA) is 6.48 Å². The summed E-state index contributed by atoms with van der Waals surface area (Å²) in [5, 5.41) is 4.88. The molecule has 0 fully saturated rings. The number of anilines is 4. The van der Waals surface area contributed by atoms with Gasteiger partial charge in [-0.15, -0.1) is 0 Å². The van der Waals surface area contributed by atoms with Crippen LogP contribution in [-0.2, 0) is 0 Å². The Bertz CT molecular complexity index is 2140. The molecule has 2 nitrogen and oxygen atoms in total. The maximum absolute atomic E-state index is 4.47. The summed E-state index contributed by atoms with van der Waals surface area (Å²) >= 11 is 0. The van der Waals surface area contributed by atoms with E-state index in [1.807, 2.05) is 25.2 Å². The van der Waals surface area contributed by atoms with E-state index in [2.05, 4.69) is 180 Å². The highest BCUT2D eigenvalue weighted by Crippen LogP contribution is 2.40. The van der Waals surface area contributed by atoms with E-state index >= 15 is 0 Å². The highest BCUT2D eigenvalue weighted by atomic mass is 15.2. The molecule has 1 aliphatic rings. The Morgan fingerprint density at radius 1 is 0.638 bits per heavy atom. The lowest BCUT2D eigenvalue weighted by molar-refractivity contribution is 0.840. The van der Waals surface area contributed by atoms with Gasteiger partial charge in [-0.1, -0.05) is 140 Å². The van der Waals surface area contributed by atoms with E-state index in [0.717, 1.165) is 29.2 Å². The van der Waals surface area contributed by atoms with Crippen LogP contribution in [-0.4, -0.2) is 0 Å². The van der Waals surface area contributed by atoms with Gasteiger partial charge in [-0.05, 0) is 78.2 Å². The van der Waals surface area contributed by atoms with Crippen molar-refractivity contribution < 1.29 is 0 Å². The average molecular weight is 607 g/mol. The van der Waals surface area contributed by atoms with Crippen LogP contribution in [0.2, 0.25) is 0 Å². The van der Waals surface area contributed by atoms with Crippen molar-refractivity contribution in [2.45, 2.75) is 19.3 Å². The molecular weight excluding hydrogens is 569 g/mol. The van der Waals surface area contributed by atoms with E-state index in [9.17, 15) is 0 Å². The van der Waals surface area contributed by atoms with Crippen molar-refractivity contribution >= 4 is 44.3 Å². The summed E-state index contributed by atoms with van der Waals surface area (Å²) in [6, 6.07) is 49.8. The van der Waals surface area contributed by atoms with Crippen molar-refractivity contribution in [1.29, 1.82) is 0 Å². The number of para-hydroxylation sites is 1. The smallest absolute Gasteiger partial charge is 0.0539 e. The predicted molar refractivity (Wildman–Crippen MR) is 203 cm³/mol. The van der Waals surface area contributed by atoms with Gasteiger partial charge in [0.15, 0.2) is 0 Å². The van der Waals surface area contributed by atoms with Gasteiger partial charge in [-0.2, -0.15) is 0 Å². The predicted octanol–water partition coefficient (Wildman–Crippen LogP) is 12.5. The lowest BCUT2D eigenvalue weighted by atomic mass is 9.91. The maximum atomic E-state index is 4.47. The van der Waals surface area contributed by atoms with Crippen molar-refractivity contribution in [2.24, 2.45) is 0 Å². The summed E-state index contributed by atoms with van der Waals surface area (Å²) in [6.07, 6.45) is 16.1. The highest BCUT2D eigenvalue weighted by Gasteiger charge is 2.20. The zero-order chi connectivity index (χ0) is 32.0. The second-order valence-electron chi connectivity index (χ2n) is 11.8. The molecule has 6 aromatic rings. The number of rotatable bonds is 9. The number of nitrogens with zero attached hydrogens (tertiary/aromatic N) is 2. The molecule has 228 valence electrons. The average Bonchev–Trinajstić information content (AvgIpc) is 3.13. The van der Waals surface area contributed by atoms with Gasteiger partial charge in [0, 0.05) is 39.5 Å². The molecule has 1 atom stereocenters. The quantitative estimate of drug-likeness (QED) is 0.151. The van der Waals surface area contributed by atoms with E-state index in [4.69, 9.17) is 0 Å². The summed E-state index contributed by atoms with van der Waals surface area (Å²) in [6.45, 7) is 6.50. The summed E-state index contributed by atoms with van der Waals surface area (Å²) in [5.41, 5.74) is 7.93. The number of allylic oxidation sites excluding steroid dienone is 7. The molecule has 0 aliphatic heterocycles. The van der Waals surface area contributed by atoms with Gasteiger partial charge >= 0.3 is 0 Å². The van der Waals surface area contributed by atoms with Gasteiger partial charge in [-0.3, -0.25) is 0 Å². The van der Waals surface area contributed by atoms with Crippen LogP contribution in [0, 0.1) is 0 Å². The SMILES string of the molecule is C=C(/C=C\C=C/C)N(c1ccc(C2C=CC(N(c3ccccc3)c3cccc4ccccc34)=CC2)cc1)c1cccc2ccccc12. The molecule has 0 saturated carbocycles. The van der Waals surface area contributed by atoms with E-state index in [1.165, 1.54) is 38.5 Å². The van der Waals surface area contributed by atoms with Crippen LogP contribution < -0.4 is 9.80 Å². The third-order valence-electron chi connectivity index (χ3n) is 8.83. The van der Waals surface area contributed by atoms with Gasteiger partial charge in [-0.25, -0.2) is 0 Å². The Labute approximate surface area is 278 Å². The van der Waals surface area contributed by atoms with Crippen LogP contribution in [0.15, 0.2) is 200 Å². The summed E-state index contributed by atoms with van der Waals surface area (Å²) in [7, 11) is 0. The molecule has 0 saturated heterocycles. The molecule has 0 bridgehead atoms. The zero-order valence-corrected chi connectivity index (χ0v) is 26.7. The van der Waals surface area contributed by atoms with Crippen LogP contribution in [0.25, 0.3) is 21.5 Å². The molecule has 2 heteroatoms. The van der Waals surface area contributed by atoms with Crippen LogP contribution in [0.5, 0.6) is 0 Å². The minimum Gasteiger partial charge on any atom is -0.310 e. The van der Waals surface area contributed by atoms with Gasteiger partial charge < -0.3 is 9.80 Å². The summed E-state index contributed by atoms with van der Waals surface area (Å²) in [5.74, 6) is 0.293. The molecule has 1 unspecified atom stereocenters. The Morgan fingerprint density at radius 3 is 1.91 bits per heavy atom. The minimum absolute atomic E-state index is 0.293. The van der Waals surface area contributed by atoms with Crippen molar-refractivity contribution in [3.8, 4) is 0 Å². The molecule has 0 aromatic heterocycles. The van der Waals surface area contributed by atoms with Gasteiger partial charge in [0.25, 0.3) is 0 Å². The van der Waals surface area contributed by atoms with Crippen molar-refractivity contribution in [3.05, 3.63) is 206 Å². The fourth-order valence-electron chi connectivity index (χ4n) is 6.52. The van der Waals surface area contributed by atoms with Gasteiger partial charge in [0.2, 0.25) is 0 Å². The van der Waals surface area contributed by atoms with E-state index < -0.39 is 0 Å². The number of hydrogen-bond acceptors (Lipinski definition) is 2. The first-order valence-corrected chi connectivity index (χ1v) is 16.3. The first kappa shape index (κ1) is 29.8. The standard InChI is InChI=1S/C45H38N2/c1-3-4-6-15-34(2)46(44-24-13-18-37-16-9-11-22-42(37)44)40-30-26-35(27-31-40)36-28-32-41(33-29-36)47(39-20-7-5-8-21-39)45-25-14-19-38-17-10-12-23-43(38)45/h3-28,30-33,36H,2,29H2,1H3/b4-3-,15-6-. The van der Waals surface area contributed by atoms with Gasteiger partial charge in [0.05, 0.1) is 11.4 Å². The van der Waals surface area contributed by atoms with E-state index in [1.54, 1.807) is 0 Å². The fraction of sp³-hybridized carbons (Fsp3) is 0.0667. The molecule has 7 rings (SSSR count). The normalized spacial score (nSPS) is 14.6. The van der Waals surface area contributed by atoms with Crippen molar-refractivity contribution in [1.82, 2.24) is 0 Å². The maximum Gasteiger partial charge on any atom is 0.0539 e. The van der Waals surface area contributed by atoms with Gasteiger partial charge in [0.1, 0.15) is 0 Å². The summed E-state index contributed by atoms with van der Waals surface area (Å²) in [4.78, 5) is 4.63. The lowest BCUT2D eigenvalue weighted by Gasteiger charge is -2.30. The van der Waals surface area contributed by atoms with Crippen LogP contribution >= 0.6 is 0 Å². The summed E-state index contributed by atoms with van der Waals surface area (Å²) < 4.78 is 0. The molecule has 1 aliphatic carbocycles. The molecule has 0 N–H and O–H groups in total. The largest absolute Gasteiger partial charge is 0.310 e. The molecule has 0 spiro atoms. The highest BCUT2D eigenvalue weighted by molar-refractivity contribution is 5.98. The number of fused-ring (bicyclic) bond motifs is 2. The fourth-order valence-corrected chi connectivity index (χ4v) is 6.52. The number of benzene rings is 6.